The van der Waals surface area contributed by atoms with E-state index >= 15 is 0 Å². The van der Waals surface area contributed by atoms with E-state index in [1.165, 1.54) is 0 Å². The van der Waals surface area contributed by atoms with E-state index in [1.807, 2.05) is 19.1 Å². The number of halogens is 2. The highest BCUT2D eigenvalue weighted by atomic mass is 35.5. The molecule has 0 spiro atoms. The monoisotopic (exact) mass is 302 g/mol. The first kappa shape index (κ1) is 16.3. The van der Waals surface area contributed by atoms with Gasteiger partial charge >= 0.3 is 0 Å². The van der Waals surface area contributed by atoms with Crippen LogP contribution < -0.4 is 11.1 Å². The van der Waals surface area contributed by atoms with Crippen LogP contribution in [0.4, 0.5) is 0 Å². The molecule has 0 radical (unpaired) electrons. The molecule has 1 fully saturated rings. The number of amides is 1. The maximum absolute atomic E-state index is 12.0. The lowest BCUT2D eigenvalue weighted by molar-refractivity contribution is -0.122. The van der Waals surface area contributed by atoms with E-state index in [1.54, 1.807) is 12.1 Å². The first-order valence-corrected chi connectivity index (χ1v) is 6.67. The van der Waals surface area contributed by atoms with Gasteiger partial charge in [0.15, 0.2) is 0 Å². The van der Waals surface area contributed by atoms with Crippen molar-refractivity contribution >= 4 is 29.9 Å². The van der Waals surface area contributed by atoms with Gasteiger partial charge < -0.3 is 11.1 Å². The summed E-state index contributed by atoms with van der Waals surface area (Å²) in [7, 11) is 0. The van der Waals surface area contributed by atoms with Gasteiger partial charge in [0.1, 0.15) is 0 Å². The number of nitrogens with two attached hydrogens (primary N) is 1. The largest absolute Gasteiger partial charge is 0.349 e. The normalized spacial score (nSPS) is 17.2. The lowest BCUT2D eigenvalue weighted by Crippen LogP contribution is -2.53. The predicted octanol–water partition coefficient (Wildman–Crippen LogP) is 2.55. The van der Waals surface area contributed by atoms with Crippen LogP contribution in [0.2, 0.25) is 5.02 Å². The number of rotatable bonds is 5. The lowest BCUT2D eigenvalue weighted by Gasteiger charge is -2.29. The van der Waals surface area contributed by atoms with Gasteiger partial charge in [0.05, 0.1) is 12.0 Å². The minimum Gasteiger partial charge on any atom is -0.349 e. The van der Waals surface area contributed by atoms with Gasteiger partial charge in [-0.2, -0.15) is 0 Å². The van der Waals surface area contributed by atoms with Gasteiger partial charge in [0.25, 0.3) is 0 Å². The van der Waals surface area contributed by atoms with Crippen LogP contribution in [0.25, 0.3) is 0 Å². The molecule has 0 bridgehead atoms. The molecular formula is C14H20Cl2N2O. The van der Waals surface area contributed by atoms with Crippen molar-refractivity contribution < 1.29 is 4.79 Å². The number of hydrogen-bond acceptors (Lipinski definition) is 2. The Morgan fingerprint density at radius 1 is 1.42 bits per heavy atom. The van der Waals surface area contributed by atoms with Crippen molar-refractivity contribution in [2.45, 2.75) is 31.7 Å². The Labute approximate surface area is 125 Å². The molecule has 3 N–H and O–H groups in total. The lowest BCUT2D eigenvalue weighted by atomic mass is 9.95. The highest BCUT2D eigenvalue weighted by Gasteiger charge is 2.41. The summed E-state index contributed by atoms with van der Waals surface area (Å²) in [6.07, 6.45) is 2.70. The molecule has 2 rings (SSSR count). The summed E-state index contributed by atoms with van der Waals surface area (Å²) in [4.78, 5) is 12.0. The highest BCUT2D eigenvalue weighted by molar-refractivity contribution is 6.30. The fourth-order valence-electron chi connectivity index (χ4n) is 2.19. The Balaban J connectivity index is 0.00000180. The Hall–Kier alpha value is -0.770. The first-order valence-electron chi connectivity index (χ1n) is 6.29. The van der Waals surface area contributed by atoms with E-state index < -0.39 is 0 Å². The van der Waals surface area contributed by atoms with Crippen LogP contribution in [0.5, 0.6) is 0 Å². The van der Waals surface area contributed by atoms with Crippen molar-refractivity contribution in [3.63, 3.8) is 0 Å². The van der Waals surface area contributed by atoms with Crippen molar-refractivity contribution in [3.8, 4) is 0 Å². The summed E-state index contributed by atoms with van der Waals surface area (Å²) >= 11 is 5.81. The maximum Gasteiger partial charge on any atom is 0.224 e. The van der Waals surface area contributed by atoms with E-state index in [4.69, 9.17) is 17.3 Å². The van der Waals surface area contributed by atoms with Crippen LogP contribution in [-0.2, 0) is 11.2 Å². The fourth-order valence-corrected chi connectivity index (χ4v) is 2.32. The number of benzene rings is 1. The molecule has 0 saturated heterocycles. The van der Waals surface area contributed by atoms with Gasteiger partial charge in [-0.3, -0.25) is 4.79 Å². The van der Waals surface area contributed by atoms with Crippen LogP contribution in [0, 0.1) is 5.92 Å². The quantitative estimate of drug-likeness (QED) is 0.878. The molecule has 0 aromatic heterocycles. The van der Waals surface area contributed by atoms with Gasteiger partial charge in [-0.25, -0.2) is 0 Å². The van der Waals surface area contributed by atoms with Crippen molar-refractivity contribution in [2.24, 2.45) is 11.7 Å². The van der Waals surface area contributed by atoms with Gasteiger partial charge in [0.2, 0.25) is 5.91 Å². The summed E-state index contributed by atoms with van der Waals surface area (Å²) in [5, 5.41) is 3.76. The zero-order valence-corrected chi connectivity index (χ0v) is 12.6. The minimum atomic E-state index is -0.247. The molecule has 106 valence electrons. The Morgan fingerprint density at radius 2 is 2.00 bits per heavy atom. The molecule has 3 nitrogen and oxygen atoms in total. The molecule has 1 unspecified atom stereocenters. The van der Waals surface area contributed by atoms with Gasteiger partial charge in [-0.15, -0.1) is 12.4 Å². The molecule has 0 aliphatic heterocycles. The Bertz CT molecular complexity index is 432. The zero-order valence-electron chi connectivity index (χ0n) is 11.0. The second-order valence-corrected chi connectivity index (χ2v) is 5.68. The van der Waals surface area contributed by atoms with E-state index in [9.17, 15) is 4.79 Å². The van der Waals surface area contributed by atoms with E-state index in [-0.39, 0.29) is 23.9 Å². The Kier molecular flexibility index (Phi) is 5.65. The van der Waals surface area contributed by atoms with Crippen LogP contribution in [0.15, 0.2) is 24.3 Å². The van der Waals surface area contributed by atoms with E-state index in [0.717, 1.165) is 18.4 Å². The second-order valence-electron chi connectivity index (χ2n) is 5.25. The van der Waals surface area contributed by atoms with Crippen LogP contribution in [0.3, 0.4) is 0 Å². The van der Waals surface area contributed by atoms with E-state index in [0.29, 0.717) is 23.9 Å². The third-order valence-electron chi connectivity index (χ3n) is 3.61. The molecule has 1 aromatic carbocycles. The molecule has 1 aliphatic rings. The van der Waals surface area contributed by atoms with Gasteiger partial charge in [0, 0.05) is 11.6 Å². The van der Waals surface area contributed by atoms with Crippen molar-refractivity contribution in [3.05, 3.63) is 34.9 Å². The second kappa shape index (κ2) is 6.60. The van der Waals surface area contributed by atoms with E-state index in [2.05, 4.69) is 5.32 Å². The molecule has 0 heterocycles. The van der Waals surface area contributed by atoms with Crippen molar-refractivity contribution in [1.82, 2.24) is 5.32 Å². The number of carbonyl (C=O) groups excluding carboxylic acids is 1. The smallest absolute Gasteiger partial charge is 0.224 e. The Morgan fingerprint density at radius 3 is 2.47 bits per heavy atom. The SMILES string of the molecule is CC(CN)(NC(=O)Cc1ccc(Cl)cc1)C1CC1.Cl. The summed E-state index contributed by atoms with van der Waals surface area (Å²) in [5.74, 6) is 0.564. The highest BCUT2D eigenvalue weighted by Crippen LogP contribution is 2.38. The summed E-state index contributed by atoms with van der Waals surface area (Å²) in [5.41, 5.74) is 6.50. The number of carbonyl (C=O) groups is 1. The molecule has 1 aromatic rings. The summed E-state index contributed by atoms with van der Waals surface area (Å²) < 4.78 is 0. The minimum absolute atomic E-state index is 0. The molecule has 19 heavy (non-hydrogen) atoms. The number of nitrogens with one attached hydrogen (secondary N) is 1. The standard InChI is InChI=1S/C14H19ClN2O.ClH/c1-14(9-16,11-4-5-11)17-13(18)8-10-2-6-12(15)7-3-10;/h2-3,6-7,11H,4-5,8-9,16H2,1H3,(H,17,18);1H. The third-order valence-corrected chi connectivity index (χ3v) is 3.86. The van der Waals surface area contributed by atoms with Crippen LogP contribution >= 0.6 is 24.0 Å². The van der Waals surface area contributed by atoms with Crippen LogP contribution in [0.1, 0.15) is 25.3 Å². The first-order chi connectivity index (χ1) is 8.53. The van der Waals surface area contributed by atoms with Crippen molar-refractivity contribution in [2.75, 3.05) is 6.54 Å². The summed E-state index contributed by atoms with van der Waals surface area (Å²) in [6, 6.07) is 7.35. The molecular weight excluding hydrogens is 283 g/mol. The average Bonchev–Trinajstić information content (AvgIpc) is 3.16. The maximum atomic E-state index is 12.0. The molecule has 5 heteroatoms. The fraction of sp³-hybridized carbons (Fsp3) is 0.500. The predicted molar refractivity (Wildman–Crippen MR) is 80.7 cm³/mol. The zero-order chi connectivity index (χ0) is 13.2. The average molecular weight is 303 g/mol. The van der Waals surface area contributed by atoms with Crippen molar-refractivity contribution in [1.29, 1.82) is 0 Å². The number of hydrogen-bond donors (Lipinski definition) is 2. The topological polar surface area (TPSA) is 55.1 Å². The van der Waals surface area contributed by atoms with Crippen LogP contribution in [-0.4, -0.2) is 18.0 Å². The molecule has 1 saturated carbocycles. The third kappa shape index (κ3) is 4.37. The van der Waals surface area contributed by atoms with Gasteiger partial charge in [-0.05, 0) is 43.4 Å². The molecule has 1 amide bonds. The summed E-state index contributed by atoms with van der Waals surface area (Å²) in [6.45, 7) is 2.52. The molecule has 1 aliphatic carbocycles. The van der Waals surface area contributed by atoms with Gasteiger partial charge in [-0.1, -0.05) is 23.7 Å². The molecule has 1 atom stereocenters.